The van der Waals surface area contributed by atoms with Crippen LogP contribution in [-0.4, -0.2) is 0 Å². The number of nitrogen functional groups attached to an aromatic ring is 1. The maximum absolute atomic E-state index is 8.65. The minimum Gasteiger partial charge on any atom is -0.398 e. The van der Waals surface area contributed by atoms with Gasteiger partial charge in [0.25, 0.3) is 0 Å². The molecule has 2 N–H and O–H groups in total. The van der Waals surface area contributed by atoms with Crippen molar-refractivity contribution in [2.24, 2.45) is 0 Å². The lowest BCUT2D eigenvalue weighted by atomic mass is 10.0. The van der Waals surface area contributed by atoms with Crippen LogP contribution in [0.25, 0.3) is 0 Å². The van der Waals surface area contributed by atoms with Crippen molar-refractivity contribution in [2.45, 2.75) is 12.8 Å². The fraction of sp³-hybridized carbons (Fsp3) is 0.222. The van der Waals surface area contributed by atoms with E-state index in [4.69, 9.17) is 11.0 Å². The summed E-state index contributed by atoms with van der Waals surface area (Å²) in [5.74, 6) is -0.0816. The predicted octanol–water partition coefficient (Wildman–Crippen LogP) is 2.66. The molecule has 0 radical (unpaired) electrons. The molecule has 1 aromatic carbocycles. The zero-order valence-corrected chi connectivity index (χ0v) is 8.30. The van der Waals surface area contributed by atoms with E-state index in [0.29, 0.717) is 5.69 Å². The van der Waals surface area contributed by atoms with Gasteiger partial charge in [0.1, 0.15) is 0 Å². The van der Waals surface area contributed by atoms with Gasteiger partial charge in [0.2, 0.25) is 0 Å². The Morgan fingerprint density at radius 2 is 2.25 bits per heavy atom. The molecule has 0 aromatic heterocycles. The first-order valence-corrected chi connectivity index (χ1v) is 4.39. The molecule has 0 aliphatic rings. The lowest BCUT2D eigenvalue weighted by Gasteiger charge is -2.04. The summed E-state index contributed by atoms with van der Waals surface area (Å²) in [5.41, 5.74) is 7.28. The van der Waals surface area contributed by atoms with Gasteiger partial charge < -0.3 is 5.73 Å². The van der Waals surface area contributed by atoms with Gasteiger partial charge in [0.15, 0.2) is 0 Å². The Bertz CT molecular complexity index is 328. The van der Waals surface area contributed by atoms with Crippen molar-refractivity contribution in [3.63, 3.8) is 0 Å². The Labute approximate surface area is 80.1 Å². The lowest BCUT2D eigenvalue weighted by Crippen LogP contribution is -1.92. The molecular weight excluding hydrogens is 216 g/mol. The number of nitrogens with zero attached hydrogens (tertiary/aromatic N) is 1. The SMILES string of the molecule is CC(C#N)c1ccc(N)c(Br)c1. The smallest absolute Gasteiger partial charge is 0.0700 e. The van der Waals surface area contributed by atoms with Gasteiger partial charge in [-0.2, -0.15) is 5.26 Å². The van der Waals surface area contributed by atoms with E-state index in [1.54, 1.807) is 6.07 Å². The predicted molar refractivity (Wildman–Crippen MR) is 52.6 cm³/mol. The second kappa shape index (κ2) is 3.59. The summed E-state index contributed by atoms with van der Waals surface area (Å²) in [6, 6.07) is 7.71. The number of rotatable bonds is 1. The Balaban J connectivity index is 3.06. The summed E-state index contributed by atoms with van der Waals surface area (Å²) in [7, 11) is 0. The standard InChI is InChI=1S/C9H9BrN2/c1-6(5-11)7-2-3-9(12)8(10)4-7/h2-4,6H,12H2,1H3. The average molecular weight is 225 g/mol. The maximum atomic E-state index is 8.65. The molecule has 1 rings (SSSR count). The van der Waals surface area contributed by atoms with Crippen molar-refractivity contribution >= 4 is 21.6 Å². The summed E-state index contributed by atoms with van der Waals surface area (Å²) < 4.78 is 0.849. The van der Waals surface area contributed by atoms with Crippen molar-refractivity contribution in [3.8, 4) is 6.07 Å². The van der Waals surface area contributed by atoms with Crippen LogP contribution in [0.15, 0.2) is 22.7 Å². The molecule has 1 aromatic rings. The fourth-order valence-electron chi connectivity index (χ4n) is 0.887. The zero-order chi connectivity index (χ0) is 9.14. The number of anilines is 1. The second-order valence-corrected chi connectivity index (χ2v) is 3.49. The first-order chi connectivity index (χ1) is 5.65. The van der Waals surface area contributed by atoms with Crippen LogP contribution in [0.5, 0.6) is 0 Å². The van der Waals surface area contributed by atoms with E-state index in [1.807, 2.05) is 19.1 Å². The number of benzene rings is 1. The highest BCUT2D eigenvalue weighted by Gasteiger charge is 2.04. The van der Waals surface area contributed by atoms with Gasteiger partial charge in [-0.3, -0.25) is 0 Å². The Morgan fingerprint density at radius 3 is 2.75 bits per heavy atom. The highest BCUT2D eigenvalue weighted by molar-refractivity contribution is 9.10. The Morgan fingerprint density at radius 1 is 1.58 bits per heavy atom. The molecule has 62 valence electrons. The van der Waals surface area contributed by atoms with Gasteiger partial charge in [-0.25, -0.2) is 0 Å². The quantitative estimate of drug-likeness (QED) is 0.747. The second-order valence-electron chi connectivity index (χ2n) is 2.63. The van der Waals surface area contributed by atoms with Gasteiger partial charge in [-0.05, 0) is 40.5 Å². The molecule has 0 bridgehead atoms. The molecule has 3 heteroatoms. The first kappa shape index (κ1) is 9.08. The van der Waals surface area contributed by atoms with Gasteiger partial charge in [-0.15, -0.1) is 0 Å². The number of nitriles is 1. The molecule has 0 fully saturated rings. The van der Waals surface area contributed by atoms with Crippen LogP contribution in [-0.2, 0) is 0 Å². The average Bonchev–Trinajstić information content (AvgIpc) is 2.08. The molecule has 2 nitrogen and oxygen atoms in total. The van der Waals surface area contributed by atoms with Gasteiger partial charge in [0.05, 0.1) is 12.0 Å². The maximum Gasteiger partial charge on any atom is 0.0700 e. The summed E-state index contributed by atoms with van der Waals surface area (Å²) >= 11 is 3.31. The van der Waals surface area contributed by atoms with E-state index < -0.39 is 0 Å². The van der Waals surface area contributed by atoms with Crippen LogP contribution in [0, 0.1) is 11.3 Å². The third-order valence-corrected chi connectivity index (χ3v) is 2.40. The van der Waals surface area contributed by atoms with E-state index >= 15 is 0 Å². The normalized spacial score (nSPS) is 12.1. The topological polar surface area (TPSA) is 49.8 Å². The van der Waals surface area contributed by atoms with E-state index in [9.17, 15) is 0 Å². The van der Waals surface area contributed by atoms with E-state index in [1.165, 1.54) is 0 Å². The van der Waals surface area contributed by atoms with Crippen LogP contribution in [0.2, 0.25) is 0 Å². The highest BCUT2D eigenvalue weighted by Crippen LogP contribution is 2.24. The van der Waals surface area contributed by atoms with Crippen molar-refractivity contribution in [1.82, 2.24) is 0 Å². The number of halogens is 1. The first-order valence-electron chi connectivity index (χ1n) is 3.59. The molecule has 0 heterocycles. The molecule has 12 heavy (non-hydrogen) atoms. The third kappa shape index (κ3) is 1.77. The molecule has 1 unspecified atom stereocenters. The summed E-state index contributed by atoms with van der Waals surface area (Å²) in [4.78, 5) is 0. The van der Waals surface area contributed by atoms with Crippen molar-refractivity contribution in [3.05, 3.63) is 28.2 Å². The largest absolute Gasteiger partial charge is 0.398 e. The molecule has 0 spiro atoms. The fourth-order valence-corrected chi connectivity index (χ4v) is 1.28. The molecule has 0 saturated heterocycles. The van der Waals surface area contributed by atoms with Crippen LogP contribution in [0.3, 0.4) is 0 Å². The van der Waals surface area contributed by atoms with E-state index in [2.05, 4.69) is 22.0 Å². The van der Waals surface area contributed by atoms with Crippen LogP contribution in [0.4, 0.5) is 5.69 Å². The number of nitrogens with two attached hydrogens (primary N) is 1. The van der Waals surface area contributed by atoms with Crippen molar-refractivity contribution < 1.29 is 0 Å². The lowest BCUT2D eigenvalue weighted by molar-refractivity contribution is 0.981. The molecule has 0 aliphatic heterocycles. The summed E-state index contributed by atoms with van der Waals surface area (Å²) in [6.45, 7) is 1.86. The molecular formula is C9H9BrN2. The third-order valence-electron chi connectivity index (χ3n) is 1.72. The number of hydrogen-bond acceptors (Lipinski definition) is 2. The minimum absolute atomic E-state index is 0.0816. The molecule has 0 aliphatic carbocycles. The van der Waals surface area contributed by atoms with Crippen LogP contribution < -0.4 is 5.73 Å². The van der Waals surface area contributed by atoms with Crippen molar-refractivity contribution in [1.29, 1.82) is 5.26 Å². The molecule has 0 saturated carbocycles. The van der Waals surface area contributed by atoms with Crippen molar-refractivity contribution in [2.75, 3.05) is 5.73 Å². The zero-order valence-electron chi connectivity index (χ0n) is 6.71. The van der Waals surface area contributed by atoms with E-state index in [-0.39, 0.29) is 5.92 Å². The monoisotopic (exact) mass is 224 g/mol. The van der Waals surface area contributed by atoms with Gasteiger partial charge in [0, 0.05) is 10.2 Å². The highest BCUT2D eigenvalue weighted by atomic mass is 79.9. The summed E-state index contributed by atoms with van der Waals surface area (Å²) in [5, 5.41) is 8.65. The Kier molecular flexibility index (Phi) is 2.72. The number of hydrogen-bond donors (Lipinski definition) is 1. The molecule has 0 amide bonds. The van der Waals surface area contributed by atoms with Gasteiger partial charge >= 0.3 is 0 Å². The van der Waals surface area contributed by atoms with Crippen LogP contribution >= 0.6 is 15.9 Å². The summed E-state index contributed by atoms with van der Waals surface area (Å²) in [6.07, 6.45) is 0. The Hall–Kier alpha value is -1.01. The van der Waals surface area contributed by atoms with Gasteiger partial charge in [-0.1, -0.05) is 6.07 Å². The minimum atomic E-state index is -0.0816. The molecule has 1 atom stereocenters. The van der Waals surface area contributed by atoms with Crippen LogP contribution in [0.1, 0.15) is 18.4 Å². The van der Waals surface area contributed by atoms with E-state index in [0.717, 1.165) is 10.0 Å².